The van der Waals surface area contributed by atoms with Gasteiger partial charge in [0.05, 0.1) is 34.4 Å². The molecule has 3 rings (SSSR count). The van der Waals surface area contributed by atoms with Gasteiger partial charge in [0.15, 0.2) is 0 Å². The molecule has 1 fully saturated rings. The summed E-state index contributed by atoms with van der Waals surface area (Å²) in [5, 5.41) is 4.50. The van der Waals surface area contributed by atoms with E-state index in [2.05, 4.69) is 5.10 Å². The summed E-state index contributed by atoms with van der Waals surface area (Å²) in [7, 11) is -0.921. The topological polar surface area (TPSA) is 71.8 Å². The number of esters is 1. The number of aryl methyl sites for hydroxylation is 1. The van der Waals surface area contributed by atoms with Crippen molar-refractivity contribution < 1.29 is 32.4 Å². The lowest BCUT2D eigenvalue weighted by molar-refractivity contribution is -0.0492. The molecule has 0 N–H and O–H groups in total. The summed E-state index contributed by atoms with van der Waals surface area (Å²) in [5.74, 6) is -0.500. The molecule has 0 spiro atoms. The Balaban J connectivity index is 2.05. The number of nitrogens with zero attached hydrogens (tertiary/aromatic N) is 2. The molecule has 1 aromatic heterocycles. The average molecular weight is 464 g/mol. The van der Waals surface area contributed by atoms with Crippen LogP contribution in [0.5, 0.6) is 5.75 Å². The molecule has 0 radical (unpaired) electrons. The highest BCUT2D eigenvalue weighted by atomic mass is 19.3. The summed E-state index contributed by atoms with van der Waals surface area (Å²) in [6.07, 6.45) is 0.474. The van der Waals surface area contributed by atoms with Crippen LogP contribution in [0, 0.1) is 13.8 Å². The number of hydrogen-bond acceptors (Lipinski definition) is 6. The molecule has 2 heterocycles. The van der Waals surface area contributed by atoms with Gasteiger partial charge in [0.2, 0.25) is 0 Å². The van der Waals surface area contributed by atoms with Crippen molar-refractivity contribution in [3.63, 3.8) is 0 Å². The van der Waals surface area contributed by atoms with Gasteiger partial charge in [-0.05, 0) is 73.1 Å². The van der Waals surface area contributed by atoms with Gasteiger partial charge >= 0.3 is 19.7 Å². The van der Waals surface area contributed by atoms with Crippen LogP contribution in [0.2, 0.25) is 0 Å². The Hall–Kier alpha value is -2.46. The first-order valence-corrected chi connectivity index (χ1v) is 11.0. The third-order valence-electron chi connectivity index (χ3n) is 6.34. The number of alkyl halides is 2. The van der Waals surface area contributed by atoms with Gasteiger partial charge in [-0.25, -0.2) is 9.48 Å². The first-order chi connectivity index (χ1) is 15.3. The largest absolute Gasteiger partial charge is 0.498 e. The third kappa shape index (κ3) is 4.91. The molecule has 2 aromatic rings. The summed E-state index contributed by atoms with van der Waals surface area (Å²) in [4.78, 5) is 12.7. The highest BCUT2D eigenvalue weighted by Crippen LogP contribution is 2.37. The Morgan fingerprint density at radius 1 is 1.18 bits per heavy atom. The molecule has 10 heteroatoms. The van der Waals surface area contributed by atoms with Crippen molar-refractivity contribution >= 4 is 18.6 Å². The van der Waals surface area contributed by atoms with E-state index in [0.717, 1.165) is 0 Å². The minimum Gasteiger partial charge on any atom is -0.459 e. The van der Waals surface area contributed by atoms with Gasteiger partial charge in [-0.3, -0.25) is 0 Å². The number of ether oxygens (including phenoxy) is 2. The molecule has 1 aromatic carbocycles. The van der Waals surface area contributed by atoms with Crippen LogP contribution < -0.4 is 10.2 Å². The van der Waals surface area contributed by atoms with Crippen LogP contribution >= 0.6 is 0 Å². The van der Waals surface area contributed by atoms with E-state index < -0.39 is 30.9 Å². The zero-order valence-corrected chi connectivity index (χ0v) is 20.4. The second-order valence-corrected chi connectivity index (χ2v) is 9.27. The monoisotopic (exact) mass is 464 g/mol. The molecule has 1 aliphatic rings. The molecule has 1 unspecified atom stereocenters. The fraction of sp³-hybridized carbons (Fsp3) is 0.565. The highest BCUT2D eigenvalue weighted by molar-refractivity contribution is 6.63. The lowest BCUT2D eigenvalue weighted by atomic mass is 9.78. The van der Waals surface area contributed by atoms with Gasteiger partial charge in [-0.15, -0.1) is 0 Å². The smallest absolute Gasteiger partial charge is 0.459 e. The molecule has 180 valence electrons. The molecular formula is C23H31BF2N2O5. The van der Waals surface area contributed by atoms with Crippen LogP contribution in [0.15, 0.2) is 18.2 Å². The summed E-state index contributed by atoms with van der Waals surface area (Å²) >= 11 is 0. The van der Waals surface area contributed by atoms with Gasteiger partial charge in [0.25, 0.3) is 0 Å². The molecule has 0 bridgehead atoms. The van der Waals surface area contributed by atoms with Gasteiger partial charge in [-0.1, -0.05) is 6.92 Å². The maximum atomic E-state index is 13.1. The lowest BCUT2D eigenvalue weighted by Gasteiger charge is -2.32. The van der Waals surface area contributed by atoms with E-state index in [4.69, 9.17) is 18.8 Å². The van der Waals surface area contributed by atoms with Gasteiger partial charge in [-0.2, -0.15) is 13.9 Å². The van der Waals surface area contributed by atoms with E-state index >= 15 is 0 Å². The van der Waals surface area contributed by atoms with Gasteiger partial charge < -0.3 is 18.8 Å². The quantitative estimate of drug-likeness (QED) is 0.449. The van der Waals surface area contributed by atoms with Crippen LogP contribution in [-0.4, -0.2) is 46.8 Å². The van der Waals surface area contributed by atoms with E-state index in [1.165, 1.54) is 6.07 Å². The van der Waals surface area contributed by atoms with E-state index in [1.54, 1.807) is 30.7 Å². The zero-order chi connectivity index (χ0) is 24.7. The van der Waals surface area contributed by atoms with Crippen LogP contribution in [0.25, 0.3) is 5.69 Å². The number of halogens is 2. The predicted molar refractivity (Wildman–Crippen MR) is 121 cm³/mol. The molecule has 7 nitrogen and oxygen atoms in total. The van der Waals surface area contributed by atoms with Crippen molar-refractivity contribution in [2.75, 3.05) is 0 Å². The van der Waals surface area contributed by atoms with Crippen molar-refractivity contribution in [2.24, 2.45) is 0 Å². The molecule has 0 saturated carbocycles. The first kappa shape index (κ1) is 25.2. The summed E-state index contributed by atoms with van der Waals surface area (Å²) < 4.78 is 50.1. The SMILES string of the molecule is CCC(C)OC(=O)c1c(C)nn(-c2ccc(OC(F)F)c(B3OC(C)(C)C(C)(C)O3)c2)c1C. The average Bonchev–Trinajstić information content (AvgIpc) is 3.12. The Labute approximate surface area is 193 Å². The second-order valence-electron chi connectivity index (χ2n) is 9.27. The maximum Gasteiger partial charge on any atom is 0.498 e. The molecular weight excluding hydrogens is 433 g/mol. The molecule has 0 aliphatic carbocycles. The van der Waals surface area contributed by atoms with Crippen LogP contribution in [0.4, 0.5) is 8.78 Å². The number of hydrogen-bond donors (Lipinski definition) is 0. The fourth-order valence-electron chi connectivity index (χ4n) is 3.54. The van der Waals surface area contributed by atoms with Crippen LogP contribution in [0.1, 0.15) is 69.7 Å². The standard InChI is InChI=1S/C23H31BF2N2O5/c1-9-13(2)30-20(29)19-14(3)27-28(15(19)4)16-10-11-18(31-21(25)26)17(12-16)24-32-22(5,6)23(7,8)33-24/h10-13,21H,9H2,1-8H3. The Bertz CT molecular complexity index is 1020. The van der Waals surface area contributed by atoms with E-state index in [9.17, 15) is 13.6 Å². The maximum absolute atomic E-state index is 13.1. The van der Waals surface area contributed by atoms with Gasteiger partial charge in [0, 0.05) is 5.46 Å². The van der Waals surface area contributed by atoms with E-state index in [-0.39, 0.29) is 11.9 Å². The normalized spacial score (nSPS) is 18.0. The highest BCUT2D eigenvalue weighted by Gasteiger charge is 2.52. The van der Waals surface area contributed by atoms with E-state index in [0.29, 0.717) is 34.5 Å². The molecule has 1 saturated heterocycles. The number of rotatable bonds is 7. The van der Waals surface area contributed by atoms with Crippen LogP contribution in [0.3, 0.4) is 0 Å². The number of benzene rings is 1. The number of aromatic nitrogens is 2. The number of carbonyl (C=O) groups excluding carboxylic acids is 1. The zero-order valence-electron chi connectivity index (χ0n) is 20.4. The first-order valence-electron chi connectivity index (χ1n) is 11.0. The van der Waals surface area contributed by atoms with Crippen molar-refractivity contribution in [1.29, 1.82) is 0 Å². The van der Waals surface area contributed by atoms with Crippen LogP contribution in [-0.2, 0) is 14.0 Å². The minimum absolute atomic E-state index is 0.0508. The molecule has 33 heavy (non-hydrogen) atoms. The lowest BCUT2D eigenvalue weighted by Crippen LogP contribution is -2.41. The predicted octanol–water partition coefficient (Wildman–Crippen LogP) is 4.35. The molecule has 1 aliphatic heterocycles. The third-order valence-corrected chi connectivity index (χ3v) is 6.34. The van der Waals surface area contributed by atoms with Crippen molar-refractivity contribution in [3.8, 4) is 11.4 Å². The summed E-state index contributed by atoms with van der Waals surface area (Å²) in [6.45, 7) is 11.7. The Morgan fingerprint density at radius 3 is 2.33 bits per heavy atom. The minimum atomic E-state index is -3.01. The Kier molecular flexibility index (Phi) is 6.91. The van der Waals surface area contributed by atoms with Crippen molar-refractivity contribution in [1.82, 2.24) is 9.78 Å². The summed E-state index contributed by atoms with van der Waals surface area (Å²) in [5.41, 5.74) is 0.976. The van der Waals surface area contributed by atoms with Crippen molar-refractivity contribution in [3.05, 3.63) is 35.2 Å². The molecule has 0 amide bonds. The summed E-state index contributed by atoms with van der Waals surface area (Å²) in [6, 6.07) is 4.65. The van der Waals surface area contributed by atoms with Gasteiger partial charge in [0.1, 0.15) is 11.3 Å². The molecule has 1 atom stereocenters. The Morgan fingerprint density at radius 2 is 1.79 bits per heavy atom. The number of carbonyl (C=O) groups is 1. The fourth-order valence-corrected chi connectivity index (χ4v) is 3.54. The van der Waals surface area contributed by atoms with Crippen molar-refractivity contribution in [2.45, 2.75) is 85.7 Å². The second kappa shape index (κ2) is 9.06. The van der Waals surface area contributed by atoms with E-state index in [1.807, 2.05) is 41.5 Å².